The van der Waals surface area contributed by atoms with Crippen molar-refractivity contribution in [2.24, 2.45) is 0 Å². The Labute approximate surface area is 157 Å². The summed E-state index contributed by atoms with van der Waals surface area (Å²) in [6.45, 7) is 4.23. The zero-order valence-corrected chi connectivity index (χ0v) is 15.2. The van der Waals surface area contributed by atoms with Crippen molar-refractivity contribution in [1.82, 2.24) is 15.3 Å². The van der Waals surface area contributed by atoms with E-state index in [1.807, 2.05) is 37.3 Å². The molecule has 0 spiro atoms. The molecule has 6 nitrogen and oxygen atoms in total. The fourth-order valence-corrected chi connectivity index (χ4v) is 2.53. The number of benzene rings is 2. The van der Waals surface area contributed by atoms with E-state index in [2.05, 4.69) is 26.7 Å². The maximum atomic E-state index is 12.5. The number of hydrogen-bond acceptors (Lipinski definition) is 5. The fourth-order valence-electron chi connectivity index (χ4n) is 2.53. The monoisotopic (exact) mass is 357 g/mol. The number of carbonyl (C=O) groups excluding carboxylic acids is 1. The first-order chi connectivity index (χ1) is 13.0. The van der Waals surface area contributed by atoms with E-state index < -0.39 is 0 Å². The first-order valence-corrected chi connectivity index (χ1v) is 8.51. The van der Waals surface area contributed by atoms with Gasteiger partial charge in [0.15, 0.2) is 0 Å². The first-order valence-electron chi connectivity index (χ1n) is 8.51. The van der Waals surface area contributed by atoms with E-state index in [0.29, 0.717) is 23.5 Å². The van der Waals surface area contributed by atoms with Crippen LogP contribution in [0.1, 0.15) is 32.9 Å². The van der Waals surface area contributed by atoms with Gasteiger partial charge in [-0.2, -0.15) is 5.26 Å². The lowest BCUT2D eigenvalue weighted by molar-refractivity contribution is 0.0945. The standard InChI is InChI=1S/C21H19N5O/c1-14-7-9-16(10-8-14)13-23-20(27)19-11-15(2)24-21(26-19)25-18-6-4-3-5-17(18)12-22/h3-11H,13H2,1-2H3,(H,23,27)(H,24,25,26). The Morgan fingerprint density at radius 1 is 1.07 bits per heavy atom. The Morgan fingerprint density at radius 2 is 1.81 bits per heavy atom. The van der Waals surface area contributed by atoms with E-state index in [0.717, 1.165) is 5.56 Å². The lowest BCUT2D eigenvalue weighted by atomic mass is 10.1. The van der Waals surface area contributed by atoms with Gasteiger partial charge in [-0.3, -0.25) is 4.79 Å². The lowest BCUT2D eigenvalue weighted by Gasteiger charge is -2.10. The van der Waals surface area contributed by atoms with E-state index in [1.165, 1.54) is 5.56 Å². The summed E-state index contributed by atoms with van der Waals surface area (Å²) in [7, 11) is 0. The Balaban J connectivity index is 1.75. The largest absolute Gasteiger partial charge is 0.347 e. The number of carbonyl (C=O) groups is 1. The van der Waals surface area contributed by atoms with E-state index in [4.69, 9.17) is 0 Å². The van der Waals surface area contributed by atoms with Crippen molar-refractivity contribution in [3.63, 3.8) is 0 Å². The average Bonchev–Trinajstić information content (AvgIpc) is 2.67. The molecule has 0 fully saturated rings. The minimum absolute atomic E-state index is 0.270. The molecule has 134 valence electrons. The molecule has 27 heavy (non-hydrogen) atoms. The SMILES string of the molecule is Cc1ccc(CNC(=O)c2cc(C)nc(Nc3ccccc3C#N)n2)cc1. The van der Waals surface area contributed by atoms with Crippen molar-refractivity contribution in [3.05, 3.63) is 82.7 Å². The van der Waals surface area contributed by atoms with Crippen LogP contribution in [0, 0.1) is 25.2 Å². The highest BCUT2D eigenvalue weighted by Gasteiger charge is 2.11. The Morgan fingerprint density at radius 3 is 2.56 bits per heavy atom. The number of aromatic nitrogens is 2. The molecule has 0 aliphatic heterocycles. The second-order valence-corrected chi connectivity index (χ2v) is 6.17. The van der Waals surface area contributed by atoms with E-state index in [1.54, 1.807) is 31.2 Å². The van der Waals surface area contributed by atoms with Crippen molar-refractivity contribution >= 4 is 17.5 Å². The number of aryl methyl sites for hydroxylation is 2. The third-order valence-electron chi connectivity index (χ3n) is 3.95. The highest BCUT2D eigenvalue weighted by molar-refractivity contribution is 5.92. The van der Waals surface area contributed by atoms with Crippen molar-refractivity contribution in [2.75, 3.05) is 5.32 Å². The lowest BCUT2D eigenvalue weighted by Crippen LogP contribution is -2.24. The van der Waals surface area contributed by atoms with Crippen molar-refractivity contribution in [1.29, 1.82) is 5.26 Å². The Hall–Kier alpha value is -3.72. The summed E-state index contributed by atoms with van der Waals surface area (Å²) in [4.78, 5) is 21.1. The van der Waals surface area contributed by atoms with Crippen molar-refractivity contribution < 1.29 is 4.79 Å². The van der Waals surface area contributed by atoms with Gasteiger partial charge in [0, 0.05) is 12.2 Å². The molecule has 0 atom stereocenters. The maximum Gasteiger partial charge on any atom is 0.270 e. The summed E-state index contributed by atoms with van der Waals surface area (Å²) in [5.41, 5.74) is 4.18. The molecule has 0 saturated heterocycles. The number of anilines is 2. The second kappa shape index (κ2) is 8.11. The van der Waals surface area contributed by atoms with Crippen LogP contribution in [0.4, 0.5) is 11.6 Å². The molecule has 0 unspecified atom stereocenters. The quantitative estimate of drug-likeness (QED) is 0.727. The van der Waals surface area contributed by atoms with Crippen molar-refractivity contribution in [3.8, 4) is 6.07 Å². The van der Waals surface area contributed by atoms with Gasteiger partial charge in [-0.05, 0) is 37.6 Å². The maximum absolute atomic E-state index is 12.5. The minimum atomic E-state index is -0.280. The number of hydrogen-bond donors (Lipinski definition) is 2. The molecular formula is C21H19N5O. The second-order valence-electron chi connectivity index (χ2n) is 6.17. The van der Waals surface area contributed by atoms with Crippen LogP contribution in [0.5, 0.6) is 0 Å². The summed E-state index contributed by atoms with van der Waals surface area (Å²) in [5.74, 6) is -0.00382. The first kappa shape index (κ1) is 18.1. The summed E-state index contributed by atoms with van der Waals surface area (Å²) in [6.07, 6.45) is 0. The fraction of sp³-hybridized carbons (Fsp3) is 0.143. The van der Waals surface area contributed by atoms with Crippen LogP contribution in [0.2, 0.25) is 0 Å². The predicted molar refractivity (Wildman–Crippen MR) is 104 cm³/mol. The van der Waals surface area contributed by atoms with Gasteiger partial charge in [0.1, 0.15) is 11.8 Å². The molecule has 0 aliphatic carbocycles. The van der Waals surface area contributed by atoms with Crippen LogP contribution in [0.25, 0.3) is 0 Å². The molecule has 2 N–H and O–H groups in total. The van der Waals surface area contributed by atoms with Crippen molar-refractivity contribution in [2.45, 2.75) is 20.4 Å². The molecule has 1 heterocycles. The Bertz CT molecular complexity index is 1010. The highest BCUT2D eigenvalue weighted by atomic mass is 16.1. The molecule has 3 aromatic rings. The summed E-state index contributed by atoms with van der Waals surface area (Å²) < 4.78 is 0. The molecule has 0 bridgehead atoms. The van der Waals surface area contributed by atoms with E-state index in [9.17, 15) is 10.1 Å². The summed E-state index contributed by atoms with van der Waals surface area (Å²) in [6, 6.07) is 18.8. The topological polar surface area (TPSA) is 90.7 Å². The molecule has 1 aromatic heterocycles. The summed E-state index contributed by atoms with van der Waals surface area (Å²) >= 11 is 0. The van der Waals surface area contributed by atoms with Gasteiger partial charge in [-0.1, -0.05) is 42.0 Å². The zero-order chi connectivity index (χ0) is 19.2. The van der Waals surface area contributed by atoms with Gasteiger partial charge < -0.3 is 10.6 Å². The van der Waals surface area contributed by atoms with Crippen LogP contribution < -0.4 is 10.6 Å². The van der Waals surface area contributed by atoms with Gasteiger partial charge in [0.05, 0.1) is 11.3 Å². The number of nitrogens with zero attached hydrogens (tertiary/aromatic N) is 3. The van der Waals surface area contributed by atoms with Gasteiger partial charge in [0.2, 0.25) is 5.95 Å². The Kier molecular flexibility index (Phi) is 5.43. The van der Waals surface area contributed by atoms with Crippen LogP contribution in [-0.4, -0.2) is 15.9 Å². The van der Waals surface area contributed by atoms with E-state index >= 15 is 0 Å². The van der Waals surface area contributed by atoms with Crippen LogP contribution in [0.15, 0.2) is 54.6 Å². The molecular weight excluding hydrogens is 338 g/mol. The third-order valence-corrected chi connectivity index (χ3v) is 3.95. The molecule has 3 rings (SSSR count). The number of nitrogens with one attached hydrogen (secondary N) is 2. The van der Waals surface area contributed by atoms with Gasteiger partial charge in [-0.25, -0.2) is 9.97 Å². The molecule has 0 aliphatic rings. The van der Waals surface area contributed by atoms with Gasteiger partial charge >= 0.3 is 0 Å². The zero-order valence-electron chi connectivity index (χ0n) is 15.2. The summed E-state index contributed by atoms with van der Waals surface area (Å²) in [5, 5.41) is 15.1. The smallest absolute Gasteiger partial charge is 0.270 e. The number of para-hydroxylation sites is 1. The van der Waals surface area contributed by atoms with Crippen LogP contribution in [-0.2, 0) is 6.54 Å². The average molecular weight is 357 g/mol. The number of nitriles is 1. The van der Waals surface area contributed by atoms with Gasteiger partial charge in [0.25, 0.3) is 5.91 Å². The third kappa shape index (κ3) is 4.67. The molecule has 6 heteroatoms. The van der Waals surface area contributed by atoms with Gasteiger partial charge in [-0.15, -0.1) is 0 Å². The van der Waals surface area contributed by atoms with Crippen LogP contribution >= 0.6 is 0 Å². The number of rotatable bonds is 5. The van der Waals surface area contributed by atoms with E-state index in [-0.39, 0.29) is 17.5 Å². The normalized spacial score (nSPS) is 10.1. The predicted octanol–water partition coefficient (Wildman–Crippen LogP) is 3.64. The number of amides is 1. The highest BCUT2D eigenvalue weighted by Crippen LogP contribution is 2.18. The molecule has 2 aromatic carbocycles. The minimum Gasteiger partial charge on any atom is -0.347 e. The molecule has 0 radical (unpaired) electrons. The molecule has 1 amide bonds. The van der Waals surface area contributed by atoms with Crippen LogP contribution in [0.3, 0.4) is 0 Å². The molecule has 0 saturated carbocycles.